The maximum atomic E-state index is 6.18. The molecule has 1 aliphatic heterocycles. The molecule has 3 aromatic carbocycles. The molecule has 4 rings (SSSR count). The molecule has 0 aromatic heterocycles. The van der Waals surface area contributed by atoms with Gasteiger partial charge < -0.3 is 14.2 Å². The van der Waals surface area contributed by atoms with E-state index in [1.54, 1.807) is 0 Å². The van der Waals surface area contributed by atoms with Crippen LogP contribution in [0.4, 0.5) is 17.1 Å². The van der Waals surface area contributed by atoms with Crippen LogP contribution in [0.15, 0.2) is 72.8 Å². The molecule has 1 aliphatic rings. The van der Waals surface area contributed by atoms with E-state index in [1.807, 2.05) is 48.5 Å². The van der Waals surface area contributed by atoms with Crippen molar-refractivity contribution in [3.8, 4) is 0 Å². The van der Waals surface area contributed by atoms with Gasteiger partial charge in [-0.2, -0.15) is 0 Å². The predicted octanol–water partition coefficient (Wildman–Crippen LogP) is 6.76. The van der Waals surface area contributed by atoms with Gasteiger partial charge in [0.2, 0.25) is 0 Å². The zero-order valence-corrected chi connectivity index (χ0v) is 19.0. The molecule has 1 saturated heterocycles. The summed E-state index contributed by atoms with van der Waals surface area (Å²) in [4.78, 5) is 2.15. The number of rotatable bonds is 4. The molecular formula is C24H24BCl2NO2. The second kappa shape index (κ2) is 7.94. The van der Waals surface area contributed by atoms with Crippen LogP contribution in [0.25, 0.3) is 0 Å². The lowest BCUT2D eigenvalue weighted by Crippen LogP contribution is -2.41. The Morgan fingerprint density at radius 2 is 0.933 bits per heavy atom. The largest absolute Gasteiger partial charge is 0.494 e. The molecule has 1 fully saturated rings. The predicted molar refractivity (Wildman–Crippen MR) is 127 cm³/mol. The minimum absolute atomic E-state index is 0.366. The van der Waals surface area contributed by atoms with Gasteiger partial charge in [0.1, 0.15) is 0 Å². The molecule has 0 radical (unpaired) electrons. The highest BCUT2D eigenvalue weighted by molar-refractivity contribution is 6.62. The summed E-state index contributed by atoms with van der Waals surface area (Å²) in [6, 6.07) is 23.8. The number of benzene rings is 3. The van der Waals surface area contributed by atoms with Crippen molar-refractivity contribution in [1.29, 1.82) is 0 Å². The van der Waals surface area contributed by atoms with Gasteiger partial charge in [0.25, 0.3) is 0 Å². The fourth-order valence-corrected chi connectivity index (χ4v) is 3.64. The third-order valence-corrected chi connectivity index (χ3v) is 6.35. The lowest BCUT2D eigenvalue weighted by molar-refractivity contribution is 0.00578. The average molecular weight is 440 g/mol. The van der Waals surface area contributed by atoms with Crippen LogP contribution in [0.5, 0.6) is 0 Å². The lowest BCUT2D eigenvalue weighted by atomic mass is 9.79. The molecule has 0 aliphatic carbocycles. The molecule has 1 heterocycles. The molecule has 0 amide bonds. The van der Waals surface area contributed by atoms with E-state index in [9.17, 15) is 0 Å². The summed E-state index contributed by atoms with van der Waals surface area (Å²) in [6.07, 6.45) is 0. The first kappa shape index (κ1) is 21.3. The Labute approximate surface area is 188 Å². The van der Waals surface area contributed by atoms with Gasteiger partial charge in [-0.3, -0.25) is 0 Å². The van der Waals surface area contributed by atoms with Gasteiger partial charge in [0, 0.05) is 27.1 Å². The highest BCUT2D eigenvalue weighted by Crippen LogP contribution is 2.38. The lowest BCUT2D eigenvalue weighted by Gasteiger charge is -2.32. The Morgan fingerprint density at radius 1 is 0.600 bits per heavy atom. The minimum atomic E-state index is -0.386. The molecule has 0 saturated carbocycles. The van der Waals surface area contributed by atoms with E-state index < -0.39 is 0 Å². The van der Waals surface area contributed by atoms with E-state index in [1.165, 1.54) is 0 Å². The first-order valence-corrected chi connectivity index (χ1v) is 10.7. The summed E-state index contributed by atoms with van der Waals surface area (Å²) in [5, 5.41) is 1.40. The number of nitrogens with zero attached hydrogens (tertiary/aromatic N) is 1. The molecular weight excluding hydrogens is 416 g/mol. The quantitative estimate of drug-likeness (QED) is 0.419. The summed E-state index contributed by atoms with van der Waals surface area (Å²) in [5.41, 5.74) is 3.28. The molecule has 0 bridgehead atoms. The van der Waals surface area contributed by atoms with Gasteiger partial charge in [0.15, 0.2) is 0 Å². The number of hydrogen-bond acceptors (Lipinski definition) is 3. The van der Waals surface area contributed by atoms with Crippen LogP contribution in [-0.4, -0.2) is 18.3 Å². The third kappa shape index (κ3) is 4.10. The van der Waals surface area contributed by atoms with Crippen molar-refractivity contribution in [3.63, 3.8) is 0 Å². The summed E-state index contributed by atoms with van der Waals surface area (Å²) >= 11 is 12.2. The molecule has 0 unspecified atom stereocenters. The van der Waals surface area contributed by atoms with Gasteiger partial charge in [-0.15, -0.1) is 0 Å². The van der Waals surface area contributed by atoms with Crippen molar-refractivity contribution in [3.05, 3.63) is 82.8 Å². The van der Waals surface area contributed by atoms with Gasteiger partial charge in [-0.05, 0) is 93.8 Å². The van der Waals surface area contributed by atoms with Gasteiger partial charge in [-0.1, -0.05) is 35.3 Å². The average Bonchev–Trinajstić information content (AvgIpc) is 2.93. The van der Waals surface area contributed by atoms with E-state index in [-0.39, 0.29) is 18.3 Å². The Morgan fingerprint density at radius 3 is 1.30 bits per heavy atom. The summed E-state index contributed by atoms with van der Waals surface area (Å²) in [7, 11) is -0.386. The second-order valence-corrected chi connectivity index (χ2v) is 9.34. The van der Waals surface area contributed by atoms with Gasteiger partial charge >= 0.3 is 7.12 Å². The van der Waals surface area contributed by atoms with Crippen molar-refractivity contribution >= 4 is 52.8 Å². The van der Waals surface area contributed by atoms with Crippen LogP contribution < -0.4 is 10.4 Å². The Balaban J connectivity index is 1.68. The highest BCUT2D eigenvalue weighted by Gasteiger charge is 2.51. The zero-order chi connectivity index (χ0) is 21.5. The molecule has 3 nitrogen and oxygen atoms in total. The molecule has 0 spiro atoms. The van der Waals surface area contributed by atoms with Crippen LogP contribution in [0, 0.1) is 0 Å². The highest BCUT2D eigenvalue weighted by atomic mass is 35.5. The van der Waals surface area contributed by atoms with Gasteiger partial charge in [0.05, 0.1) is 11.2 Å². The van der Waals surface area contributed by atoms with E-state index >= 15 is 0 Å². The van der Waals surface area contributed by atoms with Crippen LogP contribution in [0.3, 0.4) is 0 Å². The monoisotopic (exact) mass is 439 g/mol. The van der Waals surface area contributed by atoms with E-state index in [0.29, 0.717) is 10.0 Å². The van der Waals surface area contributed by atoms with Crippen molar-refractivity contribution < 1.29 is 9.31 Å². The summed E-state index contributed by atoms with van der Waals surface area (Å²) in [5.74, 6) is 0. The van der Waals surface area contributed by atoms with Crippen LogP contribution >= 0.6 is 23.2 Å². The Bertz CT molecular complexity index is 957. The normalized spacial score (nSPS) is 17.2. The first-order valence-electron chi connectivity index (χ1n) is 9.93. The van der Waals surface area contributed by atoms with Crippen molar-refractivity contribution in [2.24, 2.45) is 0 Å². The molecule has 0 atom stereocenters. The van der Waals surface area contributed by atoms with Gasteiger partial charge in [-0.25, -0.2) is 0 Å². The third-order valence-electron chi connectivity index (χ3n) is 5.85. The smallest absolute Gasteiger partial charge is 0.399 e. The minimum Gasteiger partial charge on any atom is -0.399 e. The number of hydrogen-bond donors (Lipinski definition) is 0. The maximum absolute atomic E-state index is 6.18. The SMILES string of the molecule is CC1(C)OB(c2ccc(N(c3ccc(Cl)cc3)c3ccc(Cl)cc3)cc2)OC1(C)C. The fraction of sp³-hybridized carbons (Fsp3) is 0.250. The maximum Gasteiger partial charge on any atom is 0.494 e. The Kier molecular flexibility index (Phi) is 5.63. The summed E-state index contributed by atoms with van der Waals surface area (Å²) < 4.78 is 12.4. The van der Waals surface area contributed by atoms with Crippen molar-refractivity contribution in [2.45, 2.75) is 38.9 Å². The van der Waals surface area contributed by atoms with E-state index in [2.05, 4.69) is 56.9 Å². The molecule has 154 valence electrons. The zero-order valence-electron chi connectivity index (χ0n) is 17.5. The van der Waals surface area contributed by atoms with E-state index in [4.69, 9.17) is 32.5 Å². The van der Waals surface area contributed by atoms with Crippen molar-refractivity contribution in [2.75, 3.05) is 4.90 Å². The standard InChI is InChI=1S/C24H24BCl2NO2/c1-23(2)24(3,4)30-25(29-23)17-5-11-20(12-6-17)28(21-13-7-18(26)8-14-21)22-15-9-19(27)10-16-22/h5-16H,1-4H3. The topological polar surface area (TPSA) is 21.7 Å². The first-order chi connectivity index (χ1) is 14.2. The number of halogens is 2. The molecule has 3 aromatic rings. The molecule has 6 heteroatoms. The van der Waals surface area contributed by atoms with Crippen molar-refractivity contribution in [1.82, 2.24) is 0 Å². The molecule has 30 heavy (non-hydrogen) atoms. The summed E-state index contributed by atoms with van der Waals surface area (Å²) in [6.45, 7) is 8.24. The van der Waals surface area contributed by atoms with Crippen LogP contribution in [0.1, 0.15) is 27.7 Å². The van der Waals surface area contributed by atoms with Crippen LogP contribution in [0.2, 0.25) is 10.0 Å². The second-order valence-electron chi connectivity index (χ2n) is 8.47. The Hall–Kier alpha value is -1.98. The molecule has 0 N–H and O–H groups in total. The fourth-order valence-electron chi connectivity index (χ4n) is 3.39. The number of anilines is 3. The van der Waals surface area contributed by atoms with Crippen LogP contribution in [-0.2, 0) is 9.31 Å². The van der Waals surface area contributed by atoms with E-state index in [0.717, 1.165) is 22.5 Å².